The average Bonchev–Trinajstić information content (AvgIpc) is 3.22. The van der Waals surface area contributed by atoms with Crippen LogP contribution in [0.1, 0.15) is 27.6 Å². The topological polar surface area (TPSA) is 94.8 Å². The molecule has 0 aliphatic heterocycles. The molecule has 0 radical (unpaired) electrons. The number of para-hydroxylation sites is 1. The second-order valence-corrected chi connectivity index (χ2v) is 7.62. The van der Waals surface area contributed by atoms with Crippen LogP contribution in [0.2, 0.25) is 0 Å². The molecule has 162 valence electrons. The third-order valence-electron chi connectivity index (χ3n) is 4.77. The highest BCUT2D eigenvalue weighted by Crippen LogP contribution is 2.37. The Morgan fingerprint density at radius 2 is 1.84 bits per heavy atom. The molecule has 7 nitrogen and oxygen atoms in total. The molecule has 0 atom stereocenters. The lowest BCUT2D eigenvalue weighted by atomic mass is 10.0. The molecule has 0 aliphatic carbocycles. The van der Waals surface area contributed by atoms with Gasteiger partial charge in [0, 0.05) is 16.3 Å². The molecular formula is C24H19NO6S. The first-order valence-electron chi connectivity index (χ1n) is 9.79. The fraction of sp³-hybridized carbons (Fsp3) is 0.125. The van der Waals surface area contributed by atoms with E-state index in [0.717, 1.165) is 16.9 Å². The lowest BCUT2D eigenvalue weighted by molar-refractivity contribution is 0.0603. The number of anilines is 1. The smallest absolute Gasteiger partial charge is 0.349 e. The van der Waals surface area contributed by atoms with Crippen LogP contribution in [0.4, 0.5) is 5.00 Å². The largest absolute Gasteiger partial charge is 0.494 e. The molecule has 1 N–H and O–H groups in total. The summed E-state index contributed by atoms with van der Waals surface area (Å²) in [5.74, 6) is -0.562. The van der Waals surface area contributed by atoms with Crippen molar-refractivity contribution >= 4 is 39.2 Å². The van der Waals surface area contributed by atoms with E-state index in [1.54, 1.807) is 41.8 Å². The van der Waals surface area contributed by atoms with E-state index in [9.17, 15) is 14.4 Å². The van der Waals surface area contributed by atoms with Gasteiger partial charge in [0.2, 0.25) is 0 Å². The van der Waals surface area contributed by atoms with E-state index in [1.807, 2.05) is 19.1 Å². The van der Waals surface area contributed by atoms with Crippen molar-refractivity contribution in [1.29, 1.82) is 0 Å². The van der Waals surface area contributed by atoms with Crippen LogP contribution in [-0.2, 0) is 4.74 Å². The third kappa shape index (κ3) is 4.13. The summed E-state index contributed by atoms with van der Waals surface area (Å²) in [5.41, 5.74) is 1.04. The van der Waals surface area contributed by atoms with Gasteiger partial charge < -0.3 is 19.2 Å². The average molecular weight is 449 g/mol. The molecule has 0 spiro atoms. The number of hydrogen-bond donors (Lipinski definition) is 1. The first-order chi connectivity index (χ1) is 15.5. The van der Waals surface area contributed by atoms with Crippen LogP contribution < -0.4 is 15.7 Å². The highest BCUT2D eigenvalue weighted by atomic mass is 32.1. The molecule has 0 bridgehead atoms. The van der Waals surface area contributed by atoms with Gasteiger partial charge in [-0.25, -0.2) is 9.59 Å². The molecule has 8 heteroatoms. The van der Waals surface area contributed by atoms with Crippen molar-refractivity contribution in [2.45, 2.75) is 6.92 Å². The minimum atomic E-state index is -0.760. The van der Waals surface area contributed by atoms with Crippen LogP contribution in [0.15, 0.2) is 69.2 Å². The van der Waals surface area contributed by atoms with E-state index in [1.165, 1.54) is 13.2 Å². The zero-order valence-corrected chi connectivity index (χ0v) is 18.2. The number of benzene rings is 2. The van der Waals surface area contributed by atoms with E-state index >= 15 is 0 Å². The minimum Gasteiger partial charge on any atom is -0.494 e. The number of methoxy groups -OCH3 is 1. The molecule has 0 saturated carbocycles. The van der Waals surface area contributed by atoms with Gasteiger partial charge in [0.15, 0.2) is 0 Å². The number of rotatable bonds is 6. The van der Waals surface area contributed by atoms with Gasteiger partial charge in [0.25, 0.3) is 5.91 Å². The third-order valence-corrected chi connectivity index (χ3v) is 5.67. The fourth-order valence-corrected chi connectivity index (χ4v) is 4.21. The summed E-state index contributed by atoms with van der Waals surface area (Å²) in [6, 6.07) is 15.6. The fourth-order valence-electron chi connectivity index (χ4n) is 3.26. The van der Waals surface area contributed by atoms with Gasteiger partial charge in [-0.2, -0.15) is 0 Å². The Morgan fingerprint density at radius 3 is 2.56 bits per heavy atom. The Kier molecular flexibility index (Phi) is 6.04. The predicted octanol–water partition coefficient (Wildman–Crippen LogP) is 4.96. The van der Waals surface area contributed by atoms with Gasteiger partial charge in [-0.05, 0) is 36.8 Å². The van der Waals surface area contributed by atoms with Crippen molar-refractivity contribution in [3.05, 3.63) is 81.5 Å². The molecule has 2 aromatic carbocycles. The predicted molar refractivity (Wildman–Crippen MR) is 123 cm³/mol. The molecule has 2 heterocycles. The monoisotopic (exact) mass is 449 g/mol. The summed E-state index contributed by atoms with van der Waals surface area (Å²) in [5, 5.41) is 5.31. The van der Waals surface area contributed by atoms with Crippen molar-refractivity contribution in [2.75, 3.05) is 19.0 Å². The maximum atomic E-state index is 12.9. The van der Waals surface area contributed by atoms with Gasteiger partial charge in [0.05, 0.1) is 13.7 Å². The molecule has 0 aliphatic rings. The first kappa shape index (κ1) is 21.3. The van der Waals surface area contributed by atoms with Crippen LogP contribution in [0.3, 0.4) is 0 Å². The summed E-state index contributed by atoms with van der Waals surface area (Å²) in [4.78, 5) is 37.7. The quantitative estimate of drug-likeness (QED) is 0.330. The second kappa shape index (κ2) is 9.07. The maximum Gasteiger partial charge on any atom is 0.349 e. The van der Waals surface area contributed by atoms with Gasteiger partial charge >= 0.3 is 11.6 Å². The van der Waals surface area contributed by atoms with Gasteiger partial charge in [-0.15, -0.1) is 11.3 Å². The van der Waals surface area contributed by atoms with Crippen molar-refractivity contribution < 1.29 is 23.5 Å². The number of carbonyl (C=O) groups is 2. The van der Waals surface area contributed by atoms with Crippen LogP contribution in [0, 0.1) is 0 Å². The van der Waals surface area contributed by atoms with Crippen LogP contribution in [0.5, 0.6) is 5.75 Å². The summed E-state index contributed by atoms with van der Waals surface area (Å²) in [6.07, 6.45) is 0. The second-order valence-electron chi connectivity index (χ2n) is 6.74. The molecule has 4 aromatic rings. The van der Waals surface area contributed by atoms with E-state index in [2.05, 4.69) is 5.32 Å². The van der Waals surface area contributed by atoms with Crippen molar-refractivity contribution in [2.24, 2.45) is 0 Å². The molecule has 1 amide bonds. The van der Waals surface area contributed by atoms with Gasteiger partial charge in [-0.1, -0.05) is 30.3 Å². The number of fused-ring (bicyclic) bond motifs is 1. The standard InChI is InChI=1S/C24H19NO6S/c1-3-30-16-10-8-14(9-11-16)18-13-32-22(20(18)24(28)29-2)25-21(26)17-12-15-6-4-5-7-19(15)31-23(17)27/h4-13H,3H2,1-2H3,(H,25,26). The lowest BCUT2D eigenvalue weighted by Gasteiger charge is -2.09. The highest BCUT2D eigenvalue weighted by Gasteiger charge is 2.24. The number of thiophene rings is 1. The van der Waals surface area contributed by atoms with Crippen LogP contribution in [-0.4, -0.2) is 25.6 Å². The first-order valence-corrected chi connectivity index (χ1v) is 10.7. The number of carbonyl (C=O) groups excluding carboxylic acids is 2. The van der Waals surface area contributed by atoms with Crippen molar-refractivity contribution in [3.8, 4) is 16.9 Å². The molecule has 4 rings (SSSR count). The molecule has 0 saturated heterocycles. The van der Waals surface area contributed by atoms with Crippen molar-refractivity contribution in [1.82, 2.24) is 0 Å². The number of amides is 1. The van der Waals surface area contributed by atoms with E-state index in [-0.39, 0.29) is 16.1 Å². The normalized spacial score (nSPS) is 10.7. The van der Waals surface area contributed by atoms with Gasteiger partial charge in [-0.3, -0.25) is 4.79 Å². The number of hydrogen-bond acceptors (Lipinski definition) is 7. The van der Waals surface area contributed by atoms with Gasteiger partial charge in [0.1, 0.15) is 27.5 Å². The molecular weight excluding hydrogens is 430 g/mol. The summed E-state index contributed by atoms with van der Waals surface area (Å²) >= 11 is 1.16. The van der Waals surface area contributed by atoms with E-state index in [4.69, 9.17) is 13.9 Å². The Morgan fingerprint density at radius 1 is 1.09 bits per heavy atom. The Balaban J connectivity index is 1.70. The minimum absolute atomic E-state index is 0.157. The summed E-state index contributed by atoms with van der Waals surface area (Å²) in [7, 11) is 1.27. The van der Waals surface area contributed by atoms with E-state index in [0.29, 0.717) is 28.9 Å². The molecule has 0 fully saturated rings. The Labute approximate surface area is 187 Å². The highest BCUT2D eigenvalue weighted by molar-refractivity contribution is 7.15. The number of nitrogens with one attached hydrogen (secondary N) is 1. The Bertz CT molecular complexity index is 1350. The van der Waals surface area contributed by atoms with Crippen molar-refractivity contribution in [3.63, 3.8) is 0 Å². The molecule has 0 unspecified atom stereocenters. The Hall–Kier alpha value is -3.91. The number of ether oxygens (including phenoxy) is 2. The summed E-state index contributed by atoms with van der Waals surface area (Å²) in [6.45, 7) is 2.44. The van der Waals surface area contributed by atoms with E-state index < -0.39 is 17.5 Å². The maximum absolute atomic E-state index is 12.9. The lowest BCUT2D eigenvalue weighted by Crippen LogP contribution is -2.21. The zero-order chi connectivity index (χ0) is 22.7. The zero-order valence-electron chi connectivity index (χ0n) is 17.3. The summed E-state index contributed by atoms with van der Waals surface area (Å²) < 4.78 is 15.6. The SMILES string of the molecule is CCOc1ccc(-c2csc(NC(=O)c3cc4ccccc4oc3=O)c2C(=O)OC)cc1. The molecule has 32 heavy (non-hydrogen) atoms. The molecule has 2 aromatic heterocycles. The van der Waals surface area contributed by atoms with Crippen LogP contribution >= 0.6 is 11.3 Å². The number of esters is 1. The van der Waals surface area contributed by atoms with Crippen LogP contribution in [0.25, 0.3) is 22.1 Å².